The molecule has 0 aliphatic heterocycles. The molecule has 4 aliphatic carbocycles. The molecule has 30 heavy (non-hydrogen) atoms. The summed E-state index contributed by atoms with van der Waals surface area (Å²) in [4.78, 5) is 23.1. The third kappa shape index (κ3) is 3.24. The van der Waals surface area contributed by atoms with Gasteiger partial charge in [0.05, 0.1) is 0 Å². The van der Waals surface area contributed by atoms with Crippen molar-refractivity contribution in [3.05, 3.63) is 11.1 Å². The molecule has 4 rings (SSSR count). The number of hydrogen-bond donors (Lipinski definition) is 0. The van der Waals surface area contributed by atoms with Crippen molar-refractivity contribution in [2.75, 3.05) is 0 Å². The predicted octanol–water partition coefficient (Wildman–Crippen LogP) is 5.98. The van der Waals surface area contributed by atoms with Crippen LogP contribution in [0.25, 0.3) is 0 Å². The van der Waals surface area contributed by atoms with Crippen molar-refractivity contribution in [1.82, 2.24) is 0 Å². The fourth-order valence-corrected chi connectivity index (χ4v) is 8.06. The lowest BCUT2D eigenvalue weighted by Gasteiger charge is -2.62. The van der Waals surface area contributed by atoms with Crippen molar-refractivity contribution < 1.29 is 19.1 Å². The van der Waals surface area contributed by atoms with Gasteiger partial charge in [0.1, 0.15) is 12.2 Å². The number of hydrogen-bond acceptors (Lipinski definition) is 4. The number of rotatable bonds is 3. The zero-order chi connectivity index (χ0) is 21.9. The summed E-state index contributed by atoms with van der Waals surface area (Å²) >= 11 is 0. The standard InChI is InChI=1S/C26H40O4/c1-16(29-17(2)27)25(5)13-11-20-21-10-12-24(4)15-19(30-18(3)28)9-14-26(24,6)23(21)8-7-22(20)25/h16,19,21,23H,7-15H2,1-6H3/t16-,19+,21-,23+,24-,25-,26+/m0/s1. The molecular formula is C26H40O4. The van der Waals surface area contributed by atoms with E-state index in [4.69, 9.17) is 9.47 Å². The molecule has 0 bridgehead atoms. The van der Waals surface area contributed by atoms with Gasteiger partial charge in [0.2, 0.25) is 0 Å². The van der Waals surface area contributed by atoms with E-state index in [1.165, 1.54) is 39.5 Å². The molecule has 4 heteroatoms. The number of fused-ring (bicyclic) bond motifs is 4. The summed E-state index contributed by atoms with van der Waals surface area (Å²) in [7, 11) is 0. The Bertz CT molecular complexity index is 769. The highest BCUT2D eigenvalue weighted by Crippen LogP contribution is 2.68. The molecule has 0 N–H and O–H groups in total. The molecule has 168 valence electrons. The van der Waals surface area contributed by atoms with Gasteiger partial charge in [0.15, 0.2) is 0 Å². The van der Waals surface area contributed by atoms with Crippen molar-refractivity contribution in [3.63, 3.8) is 0 Å². The third-order valence-electron chi connectivity index (χ3n) is 10.1. The van der Waals surface area contributed by atoms with Crippen molar-refractivity contribution in [2.24, 2.45) is 28.1 Å². The Kier molecular flexibility index (Phi) is 5.38. The third-order valence-corrected chi connectivity index (χ3v) is 10.1. The van der Waals surface area contributed by atoms with Crippen LogP contribution in [-0.4, -0.2) is 24.1 Å². The molecule has 0 aromatic carbocycles. The van der Waals surface area contributed by atoms with E-state index in [-0.39, 0.29) is 35.0 Å². The predicted molar refractivity (Wildman–Crippen MR) is 117 cm³/mol. The summed E-state index contributed by atoms with van der Waals surface area (Å²) in [6.45, 7) is 12.5. The van der Waals surface area contributed by atoms with Gasteiger partial charge in [-0.1, -0.05) is 31.9 Å². The molecule has 0 heterocycles. The summed E-state index contributed by atoms with van der Waals surface area (Å²) in [5, 5.41) is 0. The van der Waals surface area contributed by atoms with E-state index in [9.17, 15) is 9.59 Å². The Labute approximate surface area is 182 Å². The van der Waals surface area contributed by atoms with E-state index >= 15 is 0 Å². The van der Waals surface area contributed by atoms with Gasteiger partial charge in [-0.15, -0.1) is 0 Å². The van der Waals surface area contributed by atoms with Gasteiger partial charge in [-0.2, -0.15) is 0 Å². The average molecular weight is 417 g/mol. The summed E-state index contributed by atoms with van der Waals surface area (Å²) in [6.07, 6.45) is 10.4. The van der Waals surface area contributed by atoms with Crippen LogP contribution < -0.4 is 0 Å². The van der Waals surface area contributed by atoms with E-state index in [1.807, 2.05) is 0 Å². The fourth-order valence-electron chi connectivity index (χ4n) is 8.06. The van der Waals surface area contributed by atoms with Crippen LogP contribution in [0.15, 0.2) is 11.1 Å². The van der Waals surface area contributed by atoms with Crippen LogP contribution >= 0.6 is 0 Å². The molecule has 4 aliphatic rings. The zero-order valence-corrected chi connectivity index (χ0v) is 19.8. The minimum absolute atomic E-state index is 0.000611. The maximum absolute atomic E-state index is 11.6. The SMILES string of the molecule is CC(=O)O[C@@H]1CC[C@]2(C)[C@@H]3CCC4=C(CC[C@@]4(C)[C@H](C)OC(C)=O)[C@@H]3CC[C@@]2(C)C1. The molecule has 0 spiro atoms. The Morgan fingerprint density at radius 2 is 1.70 bits per heavy atom. The van der Waals surface area contributed by atoms with Gasteiger partial charge in [0, 0.05) is 19.3 Å². The maximum atomic E-state index is 11.6. The van der Waals surface area contributed by atoms with Gasteiger partial charge >= 0.3 is 11.9 Å². The summed E-state index contributed by atoms with van der Waals surface area (Å²) in [5.41, 5.74) is 3.88. The topological polar surface area (TPSA) is 52.6 Å². The van der Waals surface area contributed by atoms with Crippen LogP contribution in [0.3, 0.4) is 0 Å². The quantitative estimate of drug-likeness (QED) is 0.419. The van der Waals surface area contributed by atoms with Crippen LogP contribution in [0.5, 0.6) is 0 Å². The van der Waals surface area contributed by atoms with Crippen LogP contribution in [0, 0.1) is 28.1 Å². The monoisotopic (exact) mass is 416 g/mol. The Morgan fingerprint density at radius 1 is 0.967 bits per heavy atom. The first-order valence-corrected chi connectivity index (χ1v) is 12.1. The van der Waals surface area contributed by atoms with Crippen LogP contribution in [0.1, 0.15) is 99.3 Å². The van der Waals surface area contributed by atoms with E-state index in [2.05, 4.69) is 27.7 Å². The van der Waals surface area contributed by atoms with Crippen molar-refractivity contribution >= 4 is 11.9 Å². The Hall–Kier alpha value is -1.32. The first-order valence-electron chi connectivity index (χ1n) is 12.1. The lowest BCUT2D eigenvalue weighted by atomic mass is 9.43. The van der Waals surface area contributed by atoms with Crippen LogP contribution in [0.4, 0.5) is 0 Å². The Balaban J connectivity index is 1.59. The van der Waals surface area contributed by atoms with Gasteiger partial charge < -0.3 is 9.47 Å². The number of carbonyl (C=O) groups is 2. The highest BCUT2D eigenvalue weighted by molar-refractivity contribution is 5.66. The number of carbonyl (C=O) groups excluding carboxylic acids is 2. The molecule has 0 aromatic rings. The lowest BCUT2D eigenvalue weighted by molar-refractivity contribution is -0.166. The fraction of sp³-hybridized carbons (Fsp3) is 0.846. The highest BCUT2D eigenvalue weighted by Gasteiger charge is 2.60. The first kappa shape index (κ1) is 21.9. The molecule has 2 saturated carbocycles. The minimum atomic E-state index is -0.169. The highest BCUT2D eigenvalue weighted by atomic mass is 16.5. The lowest BCUT2D eigenvalue weighted by Crippen LogP contribution is -2.55. The van der Waals surface area contributed by atoms with Gasteiger partial charge in [-0.3, -0.25) is 9.59 Å². The number of allylic oxidation sites excluding steroid dienone is 1. The van der Waals surface area contributed by atoms with Crippen molar-refractivity contribution in [1.29, 1.82) is 0 Å². The average Bonchev–Trinajstić information content (AvgIpc) is 3.00. The molecule has 4 nitrogen and oxygen atoms in total. The molecule has 0 amide bonds. The van der Waals surface area contributed by atoms with Gasteiger partial charge in [-0.05, 0) is 87.4 Å². The number of esters is 2. The van der Waals surface area contributed by atoms with E-state index < -0.39 is 0 Å². The second-order valence-corrected chi connectivity index (χ2v) is 11.4. The molecule has 0 aromatic heterocycles. The smallest absolute Gasteiger partial charge is 0.302 e. The van der Waals surface area contributed by atoms with Crippen LogP contribution in [0.2, 0.25) is 0 Å². The van der Waals surface area contributed by atoms with Gasteiger partial charge in [0.25, 0.3) is 0 Å². The molecule has 0 radical (unpaired) electrons. The van der Waals surface area contributed by atoms with Gasteiger partial charge in [-0.25, -0.2) is 0 Å². The second-order valence-electron chi connectivity index (χ2n) is 11.4. The number of ether oxygens (including phenoxy) is 2. The molecule has 0 unspecified atom stereocenters. The second kappa shape index (κ2) is 7.38. The van der Waals surface area contributed by atoms with Crippen LogP contribution in [-0.2, 0) is 19.1 Å². The minimum Gasteiger partial charge on any atom is -0.463 e. The first-order chi connectivity index (χ1) is 14.0. The largest absolute Gasteiger partial charge is 0.463 e. The molecular weight excluding hydrogens is 376 g/mol. The van der Waals surface area contributed by atoms with Crippen molar-refractivity contribution in [2.45, 2.75) is 112 Å². The normalized spacial score (nSPS) is 43.9. The molecule has 7 atom stereocenters. The molecule has 0 saturated heterocycles. The summed E-state index contributed by atoms with van der Waals surface area (Å²) in [5.74, 6) is 1.10. The van der Waals surface area contributed by atoms with E-state index in [1.54, 1.807) is 11.1 Å². The van der Waals surface area contributed by atoms with E-state index in [0.717, 1.165) is 38.0 Å². The summed E-state index contributed by atoms with van der Waals surface area (Å²) in [6, 6.07) is 0. The maximum Gasteiger partial charge on any atom is 0.302 e. The summed E-state index contributed by atoms with van der Waals surface area (Å²) < 4.78 is 11.3. The molecule has 2 fully saturated rings. The van der Waals surface area contributed by atoms with Crippen molar-refractivity contribution in [3.8, 4) is 0 Å². The van der Waals surface area contributed by atoms with E-state index in [0.29, 0.717) is 11.3 Å². The zero-order valence-electron chi connectivity index (χ0n) is 19.8. The Morgan fingerprint density at radius 3 is 2.37 bits per heavy atom.